The average molecular weight is 270 g/mol. The van der Waals surface area contributed by atoms with Crippen molar-refractivity contribution in [1.82, 2.24) is 5.32 Å². The van der Waals surface area contributed by atoms with E-state index in [0.717, 1.165) is 13.0 Å². The van der Waals surface area contributed by atoms with Gasteiger partial charge in [0.25, 0.3) is 0 Å². The minimum absolute atomic E-state index is 0.0232. The number of amides is 1. The number of nitrogens with one attached hydrogen (secondary N) is 1. The molecule has 0 bridgehead atoms. The second kappa shape index (κ2) is 6.71. The molecule has 0 radical (unpaired) electrons. The molecule has 0 aromatic carbocycles. The summed E-state index contributed by atoms with van der Waals surface area (Å²) in [6.07, 6.45) is 5.34. The summed E-state index contributed by atoms with van der Waals surface area (Å²) in [4.78, 5) is 12.3. The summed E-state index contributed by atoms with van der Waals surface area (Å²) in [5.74, 6) is -0.0232. The number of carbonyl (C=O) groups excluding carboxylic acids is 1. The van der Waals surface area contributed by atoms with Crippen LogP contribution in [-0.2, 0) is 9.53 Å². The fourth-order valence-electron chi connectivity index (χ4n) is 2.73. The number of rotatable bonds is 8. The monoisotopic (exact) mass is 270 g/mol. The lowest BCUT2D eigenvalue weighted by atomic mass is 9.54. The van der Waals surface area contributed by atoms with Crippen LogP contribution in [0.2, 0.25) is 0 Å². The van der Waals surface area contributed by atoms with Crippen molar-refractivity contribution in [3.05, 3.63) is 0 Å². The molecule has 112 valence electrons. The zero-order valence-electron chi connectivity index (χ0n) is 12.9. The van der Waals surface area contributed by atoms with Gasteiger partial charge in [-0.05, 0) is 13.3 Å². The van der Waals surface area contributed by atoms with E-state index in [2.05, 4.69) is 12.2 Å². The van der Waals surface area contributed by atoms with Crippen LogP contribution in [0.3, 0.4) is 0 Å². The van der Waals surface area contributed by atoms with Crippen LogP contribution in [-0.4, -0.2) is 30.7 Å². The first-order valence-corrected chi connectivity index (χ1v) is 7.59. The van der Waals surface area contributed by atoms with Gasteiger partial charge in [0.05, 0.1) is 6.10 Å². The van der Waals surface area contributed by atoms with E-state index in [4.69, 9.17) is 10.5 Å². The molecule has 1 amide bonds. The van der Waals surface area contributed by atoms with Gasteiger partial charge in [0.15, 0.2) is 0 Å². The van der Waals surface area contributed by atoms with Gasteiger partial charge in [0, 0.05) is 25.0 Å². The largest absolute Gasteiger partial charge is 0.378 e. The molecule has 1 saturated carbocycles. The lowest BCUT2D eigenvalue weighted by Crippen LogP contribution is -2.75. The van der Waals surface area contributed by atoms with Crippen molar-refractivity contribution in [2.75, 3.05) is 13.2 Å². The Morgan fingerprint density at radius 1 is 1.32 bits per heavy atom. The highest BCUT2D eigenvalue weighted by Crippen LogP contribution is 2.49. The van der Waals surface area contributed by atoms with Crippen LogP contribution < -0.4 is 11.1 Å². The molecule has 2 atom stereocenters. The van der Waals surface area contributed by atoms with Crippen LogP contribution in [0, 0.1) is 5.41 Å². The second-order valence-electron chi connectivity index (χ2n) is 6.16. The maximum absolute atomic E-state index is 12.3. The van der Waals surface area contributed by atoms with Crippen molar-refractivity contribution < 1.29 is 9.53 Å². The Kier molecular flexibility index (Phi) is 5.81. The molecule has 1 aliphatic rings. The van der Waals surface area contributed by atoms with Crippen LogP contribution in [0.1, 0.15) is 59.8 Å². The molecule has 19 heavy (non-hydrogen) atoms. The molecule has 0 heterocycles. The van der Waals surface area contributed by atoms with E-state index in [1.54, 1.807) is 0 Å². The lowest BCUT2D eigenvalue weighted by molar-refractivity contribution is -0.170. The third-order valence-electron chi connectivity index (χ3n) is 4.55. The Labute approximate surface area is 117 Å². The van der Waals surface area contributed by atoms with Crippen LogP contribution in [0.15, 0.2) is 0 Å². The second-order valence-corrected chi connectivity index (χ2v) is 6.16. The zero-order valence-corrected chi connectivity index (χ0v) is 12.9. The molecule has 0 saturated heterocycles. The molecule has 1 fully saturated rings. The summed E-state index contributed by atoms with van der Waals surface area (Å²) in [5, 5.41) is 2.98. The first-order valence-electron chi connectivity index (χ1n) is 7.59. The average Bonchev–Trinajstić information content (AvgIpc) is 2.37. The highest BCUT2D eigenvalue weighted by atomic mass is 16.5. The molecule has 2 unspecified atom stereocenters. The minimum Gasteiger partial charge on any atom is -0.378 e. The number of hydrogen-bond acceptors (Lipinski definition) is 3. The van der Waals surface area contributed by atoms with E-state index in [9.17, 15) is 4.79 Å². The molecule has 1 rings (SSSR count). The highest BCUT2D eigenvalue weighted by molar-refractivity contribution is 5.88. The summed E-state index contributed by atoms with van der Waals surface area (Å²) in [7, 11) is 0. The summed E-state index contributed by atoms with van der Waals surface area (Å²) in [6.45, 7) is 9.59. The van der Waals surface area contributed by atoms with E-state index in [1.165, 1.54) is 19.3 Å². The first kappa shape index (κ1) is 16.4. The fourth-order valence-corrected chi connectivity index (χ4v) is 2.73. The smallest absolute Gasteiger partial charge is 0.240 e. The Hall–Kier alpha value is -0.610. The molecule has 0 aromatic heterocycles. The molecule has 3 N–H and O–H groups in total. The van der Waals surface area contributed by atoms with Crippen molar-refractivity contribution >= 4 is 5.91 Å². The summed E-state index contributed by atoms with van der Waals surface area (Å²) < 4.78 is 5.64. The van der Waals surface area contributed by atoms with Gasteiger partial charge in [-0.2, -0.15) is 0 Å². The third kappa shape index (κ3) is 3.29. The van der Waals surface area contributed by atoms with E-state index < -0.39 is 5.54 Å². The quantitative estimate of drug-likeness (QED) is 0.665. The number of carbonyl (C=O) groups is 1. The molecule has 0 aliphatic heterocycles. The van der Waals surface area contributed by atoms with Gasteiger partial charge in [-0.3, -0.25) is 4.79 Å². The van der Waals surface area contributed by atoms with Gasteiger partial charge in [-0.25, -0.2) is 0 Å². The molecule has 0 spiro atoms. The van der Waals surface area contributed by atoms with E-state index >= 15 is 0 Å². The number of ether oxygens (including phenoxy) is 1. The van der Waals surface area contributed by atoms with Gasteiger partial charge >= 0.3 is 0 Å². The summed E-state index contributed by atoms with van der Waals surface area (Å²) >= 11 is 0. The van der Waals surface area contributed by atoms with E-state index in [1.807, 2.05) is 20.8 Å². The predicted molar refractivity (Wildman–Crippen MR) is 77.9 cm³/mol. The van der Waals surface area contributed by atoms with Crippen LogP contribution in [0.4, 0.5) is 0 Å². The van der Waals surface area contributed by atoms with E-state index in [0.29, 0.717) is 13.0 Å². The topological polar surface area (TPSA) is 64.4 Å². The highest BCUT2D eigenvalue weighted by Gasteiger charge is 2.62. The molecular weight excluding hydrogens is 240 g/mol. The third-order valence-corrected chi connectivity index (χ3v) is 4.55. The van der Waals surface area contributed by atoms with Gasteiger partial charge in [0.2, 0.25) is 5.91 Å². The molecule has 0 aromatic rings. The maximum atomic E-state index is 12.3. The molecule has 4 nitrogen and oxygen atoms in total. The Morgan fingerprint density at radius 3 is 2.53 bits per heavy atom. The number of nitrogens with two attached hydrogens (primary N) is 1. The fraction of sp³-hybridized carbons (Fsp3) is 0.933. The van der Waals surface area contributed by atoms with Crippen molar-refractivity contribution in [3.8, 4) is 0 Å². The zero-order chi connectivity index (χ0) is 14.5. The van der Waals surface area contributed by atoms with Crippen molar-refractivity contribution in [2.45, 2.75) is 71.4 Å². The minimum atomic E-state index is -0.780. The molecule has 1 aliphatic carbocycles. The van der Waals surface area contributed by atoms with Gasteiger partial charge in [0.1, 0.15) is 5.54 Å². The SMILES string of the molecule is CCCCCCNC(=O)C1(N)CC(OCC)C1(C)C. The van der Waals surface area contributed by atoms with Crippen molar-refractivity contribution in [2.24, 2.45) is 11.1 Å². The normalized spacial score (nSPS) is 28.8. The van der Waals surface area contributed by atoms with Gasteiger partial charge in [-0.15, -0.1) is 0 Å². The summed E-state index contributed by atoms with van der Waals surface area (Å²) in [5.41, 5.74) is 5.22. The lowest BCUT2D eigenvalue weighted by Gasteiger charge is -2.57. The van der Waals surface area contributed by atoms with Gasteiger partial charge in [-0.1, -0.05) is 40.0 Å². The van der Waals surface area contributed by atoms with Crippen molar-refractivity contribution in [3.63, 3.8) is 0 Å². The standard InChI is InChI=1S/C15H30N2O2/c1-5-7-8-9-10-17-13(18)15(16)11-12(19-6-2)14(15,3)4/h12H,5-11,16H2,1-4H3,(H,17,18). The summed E-state index contributed by atoms with van der Waals surface area (Å²) in [6, 6.07) is 0. The Morgan fingerprint density at radius 2 is 2.00 bits per heavy atom. The molecular formula is C15H30N2O2. The predicted octanol–water partition coefficient (Wildman–Crippen LogP) is 2.22. The van der Waals surface area contributed by atoms with E-state index in [-0.39, 0.29) is 17.4 Å². The Balaban J connectivity index is 2.40. The van der Waals surface area contributed by atoms with Crippen molar-refractivity contribution in [1.29, 1.82) is 0 Å². The van der Waals surface area contributed by atoms with Crippen LogP contribution in [0.25, 0.3) is 0 Å². The maximum Gasteiger partial charge on any atom is 0.240 e. The van der Waals surface area contributed by atoms with Gasteiger partial charge < -0.3 is 15.8 Å². The first-order chi connectivity index (χ1) is 8.90. The molecule has 4 heteroatoms. The number of hydrogen-bond donors (Lipinski definition) is 2. The Bertz CT molecular complexity index is 305. The van der Waals surface area contributed by atoms with Crippen LogP contribution >= 0.6 is 0 Å². The number of unbranched alkanes of at least 4 members (excludes halogenated alkanes) is 3. The van der Waals surface area contributed by atoms with Crippen LogP contribution in [0.5, 0.6) is 0 Å².